The second-order valence-electron chi connectivity index (χ2n) is 3.65. The van der Waals surface area contributed by atoms with E-state index in [1.54, 1.807) is 6.92 Å². The maximum Gasteiger partial charge on any atom is 0.328 e. The average molecular weight is 275 g/mol. The lowest BCUT2D eigenvalue weighted by Crippen LogP contribution is -2.51. The Balaban J connectivity index is 4.37. The number of nitrogens with one attached hydrogen (secondary N) is 2. The van der Waals surface area contributed by atoms with Gasteiger partial charge in [0.25, 0.3) is 0 Å². The molecule has 0 aromatic rings. The van der Waals surface area contributed by atoms with E-state index in [2.05, 4.69) is 10.1 Å². The van der Waals surface area contributed by atoms with Crippen molar-refractivity contribution in [3.05, 3.63) is 0 Å². The number of amides is 3. The zero-order valence-corrected chi connectivity index (χ0v) is 10.6. The third-order valence-corrected chi connectivity index (χ3v) is 2.00. The number of aliphatic carboxylic acids is 1. The summed E-state index contributed by atoms with van der Waals surface area (Å²) in [5.41, 5.74) is 4.85. The highest BCUT2D eigenvalue weighted by Gasteiger charge is 2.24. The molecule has 2 atom stereocenters. The fourth-order valence-corrected chi connectivity index (χ4v) is 1.12. The molecule has 0 radical (unpaired) electrons. The van der Waals surface area contributed by atoms with Crippen molar-refractivity contribution in [2.75, 3.05) is 6.61 Å². The number of ether oxygens (including phenoxy) is 1. The lowest BCUT2D eigenvalue weighted by atomic mass is 10.2. The molecule has 0 heterocycles. The molecule has 1 unspecified atom stereocenters. The first-order valence-corrected chi connectivity index (χ1v) is 5.52. The minimum atomic E-state index is -1.45. The van der Waals surface area contributed by atoms with E-state index in [9.17, 15) is 19.2 Å². The Bertz CT molecular complexity index is 370. The molecule has 0 aromatic heterocycles. The molecule has 9 nitrogen and oxygen atoms in total. The number of hydrogen-bond acceptors (Lipinski definition) is 5. The summed E-state index contributed by atoms with van der Waals surface area (Å²) in [7, 11) is 0. The van der Waals surface area contributed by atoms with E-state index < -0.39 is 42.4 Å². The monoisotopic (exact) mass is 275 g/mol. The molecule has 0 aliphatic carbocycles. The molecule has 0 saturated carbocycles. The zero-order valence-electron chi connectivity index (χ0n) is 10.6. The van der Waals surface area contributed by atoms with Crippen LogP contribution < -0.4 is 16.4 Å². The van der Waals surface area contributed by atoms with Crippen LogP contribution in [0.25, 0.3) is 0 Å². The molecule has 19 heavy (non-hydrogen) atoms. The maximum absolute atomic E-state index is 11.4. The van der Waals surface area contributed by atoms with Crippen molar-refractivity contribution in [3.8, 4) is 0 Å². The average Bonchev–Trinajstić information content (AvgIpc) is 2.27. The summed E-state index contributed by atoms with van der Waals surface area (Å²) in [4.78, 5) is 44.0. The number of carboxylic acids is 1. The van der Waals surface area contributed by atoms with Gasteiger partial charge >= 0.3 is 18.0 Å². The van der Waals surface area contributed by atoms with E-state index >= 15 is 0 Å². The van der Waals surface area contributed by atoms with E-state index in [0.717, 1.165) is 0 Å². The van der Waals surface area contributed by atoms with E-state index in [1.165, 1.54) is 6.92 Å². The maximum atomic E-state index is 11.4. The second-order valence-corrected chi connectivity index (χ2v) is 3.65. The van der Waals surface area contributed by atoms with Gasteiger partial charge in [-0.3, -0.25) is 4.79 Å². The second kappa shape index (κ2) is 7.90. The largest absolute Gasteiger partial charge is 0.480 e. The quantitative estimate of drug-likeness (QED) is 0.418. The normalized spacial score (nSPS) is 12.9. The molecule has 3 amide bonds. The van der Waals surface area contributed by atoms with Crippen LogP contribution in [0.5, 0.6) is 0 Å². The summed E-state index contributed by atoms with van der Waals surface area (Å²) in [6.07, 6.45) is -0.545. The van der Waals surface area contributed by atoms with Crippen molar-refractivity contribution >= 4 is 23.9 Å². The third-order valence-electron chi connectivity index (χ3n) is 2.00. The van der Waals surface area contributed by atoms with Crippen LogP contribution in [-0.4, -0.2) is 47.7 Å². The Kier molecular flexibility index (Phi) is 6.94. The summed E-state index contributed by atoms with van der Waals surface area (Å²) in [5.74, 6) is -2.93. The van der Waals surface area contributed by atoms with Crippen LogP contribution in [0.1, 0.15) is 20.3 Å². The van der Waals surface area contributed by atoms with Crippen LogP contribution in [0.15, 0.2) is 0 Å². The third kappa shape index (κ3) is 6.86. The zero-order chi connectivity index (χ0) is 15.0. The van der Waals surface area contributed by atoms with Crippen molar-refractivity contribution < 1.29 is 29.0 Å². The lowest BCUT2D eigenvalue weighted by molar-refractivity contribution is -0.144. The first kappa shape index (κ1) is 16.7. The summed E-state index contributed by atoms with van der Waals surface area (Å²) in [5, 5.41) is 13.0. The Morgan fingerprint density at radius 1 is 1.26 bits per heavy atom. The van der Waals surface area contributed by atoms with Gasteiger partial charge in [0.1, 0.15) is 12.1 Å². The predicted molar refractivity (Wildman–Crippen MR) is 63.0 cm³/mol. The van der Waals surface area contributed by atoms with Gasteiger partial charge in [-0.25, -0.2) is 14.4 Å². The van der Waals surface area contributed by atoms with Gasteiger partial charge in [-0.15, -0.1) is 0 Å². The number of urea groups is 1. The number of hydrogen-bond donors (Lipinski definition) is 4. The molecule has 108 valence electrons. The van der Waals surface area contributed by atoms with Gasteiger partial charge < -0.3 is 26.2 Å². The molecule has 0 aliphatic heterocycles. The first-order chi connectivity index (χ1) is 8.77. The first-order valence-electron chi connectivity index (χ1n) is 5.52. The molecule has 0 spiro atoms. The molecular weight excluding hydrogens is 258 g/mol. The molecule has 0 fully saturated rings. The number of primary amides is 1. The van der Waals surface area contributed by atoms with Crippen molar-refractivity contribution in [1.82, 2.24) is 10.6 Å². The summed E-state index contributed by atoms with van der Waals surface area (Å²) < 4.78 is 4.65. The highest BCUT2D eigenvalue weighted by molar-refractivity contribution is 5.89. The number of nitrogens with two attached hydrogens (primary N) is 1. The standard InChI is InChI=1S/C10H17N3O6/c1-3-19-9(17)5(2)12-10(18)13-6(8(15)16)4-7(11)14/h5-6H,3-4H2,1-2H3,(H2,11,14)(H,15,16)(H2,12,13,18)/t5?,6-/m0/s1. The summed E-state index contributed by atoms with van der Waals surface area (Å²) >= 11 is 0. The minimum absolute atomic E-state index is 0.159. The van der Waals surface area contributed by atoms with Gasteiger partial charge in [-0.2, -0.15) is 0 Å². The number of carboxylic acid groups (broad SMARTS) is 1. The van der Waals surface area contributed by atoms with E-state index in [0.29, 0.717) is 0 Å². The van der Waals surface area contributed by atoms with E-state index in [1.807, 2.05) is 5.32 Å². The Morgan fingerprint density at radius 3 is 2.26 bits per heavy atom. The van der Waals surface area contributed by atoms with Crippen molar-refractivity contribution in [1.29, 1.82) is 0 Å². The molecule has 0 rings (SSSR count). The Hall–Kier alpha value is -2.32. The minimum Gasteiger partial charge on any atom is -0.480 e. The Morgan fingerprint density at radius 2 is 1.84 bits per heavy atom. The Labute approximate surface area is 109 Å². The van der Waals surface area contributed by atoms with Gasteiger partial charge in [-0.1, -0.05) is 0 Å². The summed E-state index contributed by atoms with van der Waals surface area (Å²) in [6.45, 7) is 3.14. The number of carbonyl (C=O) groups is 4. The van der Waals surface area contributed by atoms with Gasteiger partial charge in [0.05, 0.1) is 13.0 Å². The topological polar surface area (TPSA) is 148 Å². The van der Waals surface area contributed by atoms with Crippen molar-refractivity contribution in [2.45, 2.75) is 32.4 Å². The predicted octanol–water partition coefficient (Wildman–Crippen LogP) is -1.43. The lowest BCUT2D eigenvalue weighted by Gasteiger charge is -2.16. The van der Waals surface area contributed by atoms with Crippen LogP contribution in [0.3, 0.4) is 0 Å². The van der Waals surface area contributed by atoms with Gasteiger partial charge in [0, 0.05) is 0 Å². The number of esters is 1. The van der Waals surface area contributed by atoms with E-state index in [4.69, 9.17) is 10.8 Å². The van der Waals surface area contributed by atoms with Crippen LogP contribution >= 0.6 is 0 Å². The van der Waals surface area contributed by atoms with Crippen LogP contribution in [0, 0.1) is 0 Å². The van der Waals surface area contributed by atoms with Crippen molar-refractivity contribution in [3.63, 3.8) is 0 Å². The van der Waals surface area contributed by atoms with Crippen LogP contribution in [0.2, 0.25) is 0 Å². The van der Waals surface area contributed by atoms with Gasteiger partial charge in [-0.05, 0) is 13.8 Å². The molecule has 0 aromatic carbocycles. The SMILES string of the molecule is CCOC(=O)C(C)NC(=O)N[C@@H](CC(N)=O)C(=O)O. The molecule has 0 saturated heterocycles. The van der Waals surface area contributed by atoms with E-state index in [-0.39, 0.29) is 6.61 Å². The highest BCUT2D eigenvalue weighted by Crippen LogP contribution is 1.93. The molecule has 9 heteroatoms. The molecular formula is C10H17N3O6. The fraction of sp³-hybridized carbons (Fsp3) is 0.600. The smallest absolute Gasteiger partial charge is 0.328 e. The highest BCUT2D eigenvalue weighted by atomic mass is 16.5. The number of carbonyl (C=O) groups excluding carboxylic acids is 3. The molecule has 0 aliphatic rings. The fourth-order valence-electron chi connectivity index (χ4n) is 1.12. The van der Waals surface area contributed by atoms with Gasteiger partial charge in [0.15, 0.2) is 0 Å². The molecule has 0 bridgehead atoms. The summed E-state index contributed by atoms with van der Waals surface area (Å²) in [6, 6.07) is -3.30. The van der Waals surface area contributed by atoms with Gasteiger partial charge in [0.2, 0.25) is 5.91 Å². The van der Waals surface area contributed by atoms with Crippen LogP contribution in [-0.2, 0) is 19.1 Å². The van der Waals surface area contributed by atoms with Crippen LogP contribution in [0.4, 0.5) is 4.79 Å². The molecule has 5 N–H and O–H groups in total. The van der Waals surface area contributed by atoms with Crippen molar-refractivity contribution in [2.24, 2.45) is 5.73 Å². The number of rotatable bonds is 7.